The van der Waals surface area contributed by atoms with Gasteiger partial charge in [0.15, 0.2) is 0 Å². The second kappa shape index (κ2) is 5.02. The van der Waals surface area contributed by atoms with Crippen molar-refractivity contribution in [3.63, 3.8) is 0 Å². The third-order valence-electron chi connectivity index (χ3n) is 4.73. The second-order valence-electron chi connectivity index (χ2n) is 6.07. The zero-order chi connectivity index (χ0) is 14.2. The van der Waals surface area contributed by atoms with Crippen LogP contribution in [0.25, 0.3) is 0 Å². The van der Waals surface area contributed by atoms with Crippen LogP contribution >= 0.6 is 0 Å². The lowest BCUT2D eigenvalue weighted by atomic mass is 9.93. The molecular weight excluding hydrogens is 244 g/mol. The van der Waals surface area contributed by atoms with Crippen LogP contribution in [-0.4, -0.2) is 51.6 Å². The number of carbonyl (C=O) groups excluding carboxylic acids is 1. The van der Waals surface area contributed by atoms with Gasteiger partial charge in [-0.3, -0.25) is 0 Å². The molecule has 0 saturated carbocycles. The molecule has 2 rings (SSSR count). The minimum Gasteiger partial charge on any atom is -0.479 e. The van der Waals surface area contributed by atoms with Crippen molar-refractivity contribution in [1.82, 2.24) is 9.80 Å². The summed E-state index contributed by atoms with van der Waals surface area (Å²) in [6.07, 6.45) is 2.84. The van der Waals surface area contributed by atoms with E-state index in [9.17, 15) is 14.7 Å². The second-order valence-corrected chi connectivity index (χ2v) is 6.07. The van der Waals surface area contributed by atoms with Crippen LogP contribution in [0.15, 0.2) is 0 Å². The summed E-state index contributed by atoms with van der Waals surface area (Å²) in [6, 6.07) is 0.130. The van der Waals surface area contributed by atoms with Crippen LogP contribution in [0.1, 0.15) is 46.5 Å². The number of nitrogens with zero attached hydrogens (tertiary/aromatic N) is 2. The highest BCUT2D eigenvalue weighted by Crippen LogP contribution is 2.35. The predicted molar refractivity (Wildman–Crippen MR) is 71.9 cm³/mol. The van der Waals surface area contributed by atoms with Crippen LogP contribution in [0, 0.1) is 5.92 Å². The standard InChI is InChI=1S/C14H24N2O3/c1-4-14(12(17)18)6-5-7-16(14)13(19)15-9-10(2)8-11(15)3/h10-11H,4-9H2,1-3H3,(H,17,18). The van der Waals surface area contributed by atoms with Crippen LogP contribution in [-0.2, 0) is 4.79 Å². The van der Waals surface area contributed by atoms with Crippen LogP contribution in [0.2, 0.25) is 0 Å². The molecule has 2 heterocycles. The fourth-order valence-electron chi connectivity index (χ4n) is 3.62. The Kier molecular flexibility index (Phi) is 3.74. The van der Waals surface area contributed by atoms with Gasteiger partial charge < -0.3 is 14.9 Å². The first-order valence-electron chi connectivity index (χ1n) is 7.24. The van der Waals surface area contributed by atoms with Crippen molar-refractivity contribution in [3.05, 3.63) is 0 Å². The van der Waals surface area contributed by atoms with Gasteiger partial charge in [-0.15, -0.1) is 0 Å². The van der Waals surface area contributed by atoms with Crippen molar-refractivity contribution in [2.24, 2.45) is 5.92 Å². The topological polar surface area (TPSA) is 60.9 Å². The van der Waals surface area contributed by atoms with Crippen LogP contribution in [0.3, 0.4) is 0 Å². The molecule has 3 atom stereocenters. The van der Waals surface area contributed by atoms with E-state index >= 15 is 0 Å². The molecule has 19 heavy (non-hydrogen) atoms. The van der Waals surface area contributed by atoms with Gasteiger partial charge in [-0.2, -0.15) is 0 Å². The Labute approximate surface area is 114 Å². The van der Waals surface area contributed by atoms with E-state index < -0.39 is 11.5 Å². The number of amides is 2. The number of aliphatic carboxylic acids is 1. The average Bonchev–Trinajstić information content (AvgIpc) is 2.92. The van der Waals surface area contributed by atoms with Gasteiger partial charge in [-0.25, -0.2) is 9.59 Å². The predicted octanol–water partition coefficient (Wildman–Crippen LogP) is 2.17. The maximum Gasteiger partial charge on any atom is 0.329 e. The van der Waals surface area contributed by atoms with E-state index in [-0.39, 0.29) is 12.1 Å². The Hall–Kier alpha value is -1.26. The molecule has 1 N–H and O–H groups in total. The summed E-state index contributed by atoms with van der Waals surface area (Å²) in [5, 5.41) is 9.53. The normalized spacial score (nSPS) is 34.9. The van der Waals surface area contributed by atoms with Crippen LogP contribution < -0.4 is 0 Å². The molecule has 108 valence electrons. The highest BCUT2D eigenvalue weighted by Gasteiger charge is 2.50. The first-order chi connectivity index (χ1) is 8.92. The van der Waals surface area contributed by atoms with Crippen molar-refractivity contribution in [1.29, 1.82) is 0 Å². The molecule has 0 aromatic heterocycles. The number of carboxylic acid groups (broad SMARTS) is 1. The number of hydrogen-bond acceptors (Lipinski definition) is 2. The summed E-state index contributed by atoms with van der Waals surface area (Å²) >= 11 is 0. The molecule has 0 aliphatic carbocycles. The number of carbonyl (C=O) groups is 2. The summed E-state index contributed by atoms with van der Waals surface area (Å²) in [5.41, 5.74) is -0.984. The Morgan fingerprint density at radius 1 is 1.37 bits per heavy atom. The fourth-order valence-corrected chi connectivity index (χ4v) is 3.62. The van der Waals surface area contributed by atoms with Crippen LogP contribution in [0.5, 0.6) is 0 Å². The molecule has 3 unspecified atom stereocenters. The molecule has 0 aromatic rings. The van der Waals surface area contributed by atoms with Crippen molar-refractivity contribution in [3.8, 4) is 0 Å². The fraction of sp³-hybridized carbons (Fsp3) is 0.857. The number of likely N-dealkylation sites (tertiary alicyclic amines) is 2. The smallest absolute Gasteiger partial charge is 0.329 e. The highest BCUT2D eigenvalue weighted by molar-refractivity contribution is 5.87. The van der Waals surface area contributed by atoms with E-state index in [1.54, 1.807) is 4.90 Å². The average molecular weight is 268 g/mol. The Morgan fingerprint density at radius 3 is 2.53 bits per heavy atom. The van der Waals surface area contributed by atoms with Crippen LogP contribution in [0.4, 0.5) is 4.79 Å². The molecule has 2 aliphatic rings. The first kappa shape index (κ1) is 14.2. The molecule has 0 aromatic carbocycles. The lowest BCUT2D eigenvalue weighted by Gasteiger charge is -2.37. The number of hydrogen-bond donors (Lipinski definition) is 1. The Bertz CT molecular complexity index is 385. The molecule has 0 bridgehead atoms. The molecule has 0 radical (unpaired) electrons. The molecule has 2 amide bonds. The maximum atomic E-state index is 12.7. The van der Waals surface area contributed by atoms with Gasteiger partial charge in [0, 0.05) is 19.1 Å². The van der Waals surface area contributed by atoms with Gasteiger partial charge >= 0.3 is 12.0 Å². The number of rotatable bonds is 2. The van der Waals surface area contributed by atoms with E-state index in [0.717, 1.165) is 19.4 Å². The van der Waals surface area contributed by atoms with Gasteiger partial charge in [0.1, 0.15) is 5.54 Å². The van der Waals surface area contributed by atoms with Gasteiger partial charge in [-0.05, 0) is 38.5 Å². The monoisotopic (exact) mass is 268 g/mol. The number of carboxylic acids is 1. The minimum absolute atomic E-state index is 0.0846. The quantitative estimate of drug-likeness (QED) is 0.835. The van der Waals surface area contributed by atoms with Crippen molar-refractivity contribution >= 4 is 12.0 Å². The molecule has 0 spiro atoms. The van der Waals surface area contributed by atoms with Crippen molar-refractivity contribution in [2.45, 2.75) is 58.0 Å². The summed E-state index contributed by atoms with van der Waals surface area (Å²) in [6.45, 7) is 7.35. The van der Waals surface area contributed by atoms with Gasteiger partial charge in [0.2, 0.25) is 0 Å². The van der Waals surface area contributed by atoms with Gasteiger partial charge in [0.05, 0.1) is 0 Å². The van der Waals surface area contributed by atoms with Gasteiger partial charge in [0.25, 0.3) is 0 Å². The Balaban J connectivity index is 2.21. The molecular formula is C14H24N2O3. The zero-order valence-electron chi connectivity index (χ0n) is 12.1. The van der Waals surface area contributed by atoms with E-state index in [0.29, 0.717) is 25.3 Å². The number of urea groups is 1. The van der Waals surface area contributed by atoms with E-state index in [1.165, 1.54) is 0 Å². The summed E-state index contributed by atoms with van der Waals surface area (Å²) in [4.78, 5) is 27.7. The molecule has 2 saturated heterocycles. The summed E-state index contributed by atoms with van der Waals surface area (Å²) in [5.74, 6) is -0.358. The van der Waals surface area contributed by atoms with Crippen molar-refractivity contribution in [2.75, 3.05) is 13.1 Å². The van der Waals surface area contributed by atoms with Gasteiger partial charge in [-0.1, -0.05) is 13.8 Å². The lowest BCUT2D eigenvalue weighted by molar-refractivity contribution is -0.148. The largest absolute Gasteiger partial charge is 0.479 e. The summed E-state index contributed by atoms with van der Waals surface area (Å²) in [7, 11) is 0. The SMILES string of the molecule is CCC1(C(=O)O)CCCN1C(=O)N1CC(C)CC1C. The van der Waals surface area contributed by atoms with Crippen molar-refractivity contribution < 1.29 is 14.7 Å². The Morgan fingerprint density at radius 2 is 2.05 bits per heavy atom. The molecule has 2 aliphatic heterocycles. The highest BCUT2D eigenvalue weighted by atomic mass is 16.4. The van der Waals surface area contributed by atoms with E-state index in [1.807, 2.05) is 18.7 Å². The lowest BCUT2D eigenvalue weighted by Crippen LogP contribution is -2.57. The van der Waals surface area contributed by atoms with E-state index in [4.69, 9.17) is 0 Å². The van der Waals surface area contributed by atoms with E-state index in [2.05, 4.69) is 6.92 Å². The molecule has 5 nitrogen and oxygen atoms in total. The molecule has 2 fully saturated rings. The third-order valence-corrected chi connectivity index (χ3v) is 4.73. The molecule has 5 heteroatoms. The zero-order valence-corrected chi connectivity index (χ0v) is 12.1. The third kappa shape index (κ3) is 2.19. The summed E-state index contributed by atoms with van der Waals surface area (Å²) < 4.78 is 0. The maximum absolute atomic E-state index is 12.7. The first-order valence-corrected chi connectivity index (χ1v) is 7.24. The minimum atomic E-state index is -0.984.